The van der Waals surface area contributed by atoms with Crippen LogP contribution >= 0.6 is 24.0 Å². The molecule has 0 aliphatic carbocycles. The Bertz CT molecular complexity index is 741. The average molecular weight is 495 g/mol. The van der Waals surface area contributed by atoms with Gasteiger partial charge in [0, 0.05) is 32.2 Å². The third-order valence-corrected chi connectivity index (χ3v) is 4.88. The minimum atomic E-state index is 0. The monoisotopic (exact) mass is 495 g/mol. The predicted molar refractivity (Wildman–Crippen MR) is 124 cm³/mol. The molecule has 0 radical (unpaired) electrons. The van der Waals surface area contributed by atoms with Crippen LogP contribution < -0.4 is 15.4 Å². The van der Waals surface area contributed by atoms with E-state index in [1.54, 1.807) is 14.2 Å². The molecule has 1 aliphatic heterocycles. The molecule has 0 spiro atoms. The highest BCUT2D eigenvalue weighted by molar-refractivity contribution is 14.0. The van der Waals surface area contributed by atoms with Gasteiger partial charge in [-0.05, 0) is 31.0 Å². The van der Waals surface area contributed by atoms with Gasteiger partial charge in [0.15, 0.2) is 5.96 Å². The Balaban J connectivity index is 0.00000280. The van der Waals surface area contributed by atoms with Crippen molar-refractivity contribution in [1.29, 1.82) is 0 Å². The van der Waals surface area contributed by atoms with Crippen molar-refractivity contribution in [2.24, 2.45) is 4.99 Å². The highest BCUT2D eigenvalue weighted by Crippen LogP contribution is 2.19. The highest BCUT2D eigenvalue weighted by Gasteiger charge is 2.24. The normalized spacial score (nSPS) is 17.1. The molecule has 7 heteroatoms. The molecule has 1 aliphatic rings. The molecule has 3 rings (SSSR count). The second-order valence-corrected chi connectivity index (χ2v) is 6.73. The van der Waals surface area contributed by atoms with Crippen molar-refractivity contribution >= 4 is 29.9 Å². The van der Waals surface area contributed by atoms with Crippen molar-refractivity contribution in [2.75, 3.05) is 27.2 Å². The van der Waals surface area contributed by atoms with Gasteiger partial charge in [-0.1, -0.05) is 36.4 Å². The number of hydrogen-bond donors (Lipinski definition) is 2. The largest absolute Gasteiger partial charge is 0.481 e. The summed E-state index contributed by atoms with van der Waals surface area (Å²) in [4.78, 5) is 11.3. The number of nitrogens with zero attached hydrogens (tertiary/aromatic N) is 3. The fourth-order valence-electron chi connectivity index (χ4n) is 3.43. The fourth-order valence-corrected chi connectivity index (χ4v) is 3.43. The highest BCUT2D eigenvalue weighted by atomic mass is 127. The quantitative estimate of drug-likeness (QED) is 0.352. The summed E-state index contributed by atoms with van der Waals surface area (Å²) >= 11 is 0. The topological polar surface area (TPSA) is 61.8 Å². The lowest BCUT2D eigenvalue weighted by Gasteiger charge is -2.25. The molecule has 0 bridgehead atoms. The number of pyridine rings is 1. The molecule has 1 atom stereocenters. The van der Waals surface area contributed by atoms with Crippen molar-refractivity contribution in [2.45, 2.75) is 32.0 Å². The van der Waals surface area contributed by atoms with Crippen molar-refractivity contribution in [1.82, 2.24) is 20.5 Å². The molecule has 1 unspecified atom stereocenters. The van der Waals surface area contributed by atoms with E-state index in [9.17, 15) is 0 Å². The molecule has 1 saturated heterocycles. The summed E-state index contributed by atoms with van der Waals surface area (Å²) in [5.41, 5.74) is 2.29. The fraction of sp³-hybridized carbons (Fsp3) is 0.429. The Hall–Kier alpha value is -1.87. The van der Waals surface area contributed by atoms with Gasteiger partial charge >= 0.3 is 0 Å². The van der Waals surface area contributed by atoms with E-state index in [0.29, 0.717) is 18.5 Å². The number of rotatable bonds is 7. The number of ether oxygens (including phenoxy) is 1. The first-order valence-electron chi connectivity index (χ1n) is 9.51. The van der Waals surface area contributed by atoms with Crippen molar-refractivity contribution in [3.63, 3.8) is 0 Å². The van der Waals surface area contributed by atoms with E-state index in [4.69, 9.17) is 4.74 Å². The minimum absolute atomic E-state index is 0. The number of likely N-dealkylation sites (tertiary alicyclic amines) is 1. The number of aromatic nitrogens is 1. The Kier molecular flexibility index (Phi) is 9.49. The van der Waals surface area contributed by atoms with E-state index in [1.807, 2.05) is 18.2 Å². The Morgan fingerprint density at radius 2 is 2.00 bits per heavy atom. The van der Waals surface area contributed by atoms with Crippen LogP contribution in [0.4, 0.5) is 0 Å². The number of guanidine groups is 1. The SMILES string of the molecule is CN=C(NCc1cccc(OC)n1)NCC1CCCN1Cc1ccccc1.I. The first-order valence-corrected chi connectivity index (χ1v) is 9.51. The lowest BCUT2D eigenvalue weighted by atomic mass is 10.2. The molecule has 0 amide bonds. The Labute approximate surface area is 184 Å². The minimum Gasteiger partial charge on any atom is -0.481 e. The molecule has 1 aromatic heterocycles. The molecule has 2 N–H and O–H groups in total. The van der Waals surface area contributed by atoms with Gasteiger partial charge in [0.1, 0.15) is 0 Å². The van der Waals surface area contributed by atoms with Crippen LogP contribution in [-0.4, -0.2) is 49.1 Å². The standard InChI is InChI=1S/C21H29N5O.HI/c1-22-21(23-14-18-10-6-12-20(25-18)27-2)24-15-19-11-7-13-26(19)16-17-8-4-3-5-9-17;/h3-6,8-10,12,19H,7,11,13-16H2,1-2H3,(H2,22,23,24);1H. The third-order valence-electron chi connectivity index (χ3n) is 4.88. The van der Waals surface area contributed by atoms with Gasteiger partial charge in [0.2, 0.25) is 5.88 Å². The average Bonchev–Trinajstić information content (AvgIpc) is 3.16. The molecule has 1 fully saturated rings. The first kappa shape index (κ1) is 22.4. The van der Waals surface area contributed by atoms with Gasteiger partial charge in [-0.25, -0.2) is 4.98 Å². The zero-order valence-electron chi connectivity index (χ0n) is 16.6. The van der Waals surface area contributed by atoms with Crippen LogP contribution in [0.25, 0.3) is 0 Å². The van der Waals surface area contributed by atoms with Crippen LogP contribution in [0.5, 0.6) is 5.88 Å². The molecular weight excluding hydrogens is 465 g/mol. The van der Waals surface area contributed by atoms with E-state index < -0.39 is 0 Å². The van der Waals surface area contributed by atoms with Crippen LogP contribution in [-0.2, 0) is 13.1 Å². The van der Waals surface area contributed by atoms with Gasteiger partial charge in [-0.15, -0.1) is 24.0 Å². The summed E-state index contributed by atoms with van der Waals surface area (Å²) in [5, 5.41) is 6.79. The van der Waals surface area contributed by atoms with Crippen LogP contribution in [0.3, 0.4) is 0 Å². The van der Waals surface area contributed by atoms with Crippen molar-refractivity contribution in [3.05, 3.63) is 59.8 Å². The van der Waals surface area contributed by atoms with Crippen LogP contribution in [0, 0.1) is 0 Å². The summed E-state index contributed by atoms with van der Waals surface area (Å²) in [6, 6.07) is 17.0. The van der Waals surface area contributed by atoms with Crippen LogP contribution in [0.1, 0.15) is 24.1 Å². The third kappa shape index (κ3) is 6.63. The van der Waals surface area contributed by atoms with Gasteiger partial charge in [-0.3, -0.25) is 9.89 Å². The van der Waals surface area contributed by atoms with Gasteiger partial charge < -0.3 is 15.4 Å². The zero-order valence-corrected chi connectivity index (χ0v) is 18.9. The lowest BCUT2D eigenvalue weighted by Crippen LogP contribution is -2.44. The van der Waals surface area contributed by atoms with E-state index in [-0.39, 0.29) is 24.0 Å². The molecular formula is C21H30IN5O. The number of aliphatic imine (C=N–C) groups is 1. The Morgan fingerprint density at radius 3 is 2.75 bits per heavy atom. The number of halogens is 1. The van der Waals surface area contributed by atoms with E-state index in [0.717, 1.165) is 31.3 Å². The maximum atomic E-state index is 5.17. The van der Waals surface area contributed by atoms with Crippen molar-refractivity contribution in [3.8, 4) is 5.88 Å². The summed E-state index contributed by atoms with van der Waals surface area (Å²) < 4.78 is 5.17. The maximum Gasteiger partial charge on any atom is 0.213 e. The number of benzene rings is 1. The maximum absolute atomic E-state index is 5.17. The van der Waals surface area contributed by atoms with Crippen molar-refractivity contribution < 1.29 is 4.74 Å². The zero-order chi connectivity index (χ0) is 18.9. The van der Waals surface area contributed by atoms with Gasteiger partial charge in [-0.2, -0.15) is 0 Å². The molecule has 152 valence electrons. The number of hydrogen-bond acceptors (Lipinski definition) is 4. The predicted octanol–water partition coefficient (Wildman–Crippen LogP) is 3.04. The number of nitrogens with one attached hydrogen (secondary N) is 2. The smallest absolute Gasteiger partial charge is 0.213 e. The summed E-state index contributed by atoms with van der Waals surface area (Å²) in [6.07, 6.45) is 2.47. The molecule has 2 aromatic rings. The summed E-state index contributed by atoms with van der Waals surface area (Å²) in [5.74, 6) is 1.42. The van der Waals surface area contributed by atoms with Gasteiger partial charge in [0.05, 0.1) is 19.3 Å². The van der Waals surface area contributed by atoms with E-state index in [2.05, 4.69) is 55.8 Å². The first-order chi connectivity index (χ1) is 13.3. The lowest BCUT2D eigenvalue weighted by molar-refractivity contribution is 0.245. The second kappa shape index (κ2) is 11.9. The van der Waals surface area contributed by atoms with Crippen LogP contribution in [0.2, 0.25) is 0 Å². The van der Waals surface area contributed by atoms with Crippen LogP contribution in [0.15, 0.2) is 53.5 Å². The van der Waals surface area contributed by atoms with E-state index >= 15 is 0 Å². The molecule has 28 heavy (non-hydrogen) atoms. The molecule has 0 saturated carbocycles. The Morgan fingerprint density at radius 1 is 1.18 bits per heavy atom. The summed E-state index contributed by atoms with van der Waals surface area (Å²) in [6.45, 7) is 3.65. The second-order valence-electron chi connectivity index (χ2n) is 6.73. The molecule has 6 nitrogen and oxygen atoms in total. The molecule has 2 heterocycles. The summed E-state index contributed by atoms with van der Waals surface area (Å²) in [7, 11) is 3.42. The van der Waals surface area contributed by atoms with E-state index in [1.165, 1.54) is 18.4 Å². The van der Waals surface area contributed by atoms with Gasteiger partial charge in [0.25, 0.3) is 0 Å². The number of methoxy groups -OCH3 is 1. The molecule has 1 aromatic carbocycles.